The molecule has 0 aliphatic rings. The average molecular weight is 340 g/mol. The van der Waals surface area contributed by atoms with E-state index in [0.717, 1.165) is 19.6 Å². The van der Waals surface area contributed by atoms with Gasteiger partial charge in [0, 0.05) is 19.6 Å². The van der Waals surface area contributed by atoms with Crippen LogP contribution in [0, 0.1) is 0 Å². The van der Waals surface area contributed by atoms with Gasteiger partial charge < -0.3 is 0 Å². The molecular formula is C24H24N2. The molecule has 0 bridgehead atoms. The zero-order valence-electron chi connectivity index (χ0n) is 15.2. The number of nitrogens with one attached hydrogen (secondary N) is 1. The maximum Gasteiger partial charge on any atom is 0.0381 e. The maximum atomic E-state index is 3.58. The van der Waals surface area contributed by atoms with E-state index in [0.29, 0.717) is 0 Å². The Morgan fingerprint density at radius 3 is 1.81 bits per heavy atom. The molecule has 0 amide bonds. The topological polar surface area (TPSA) is 15.3 Å². The molecule has 0 fully saturated rings. The molecule has 4 rings (SSSR count). The Morgan fingerprint density at radius 2 is 1.19 bits per heavy atom. The second-order valence-electron chi connectivity index (χ2n) is 6.71. The summed E-state index contributed by atoms with van der Waals surface area (Å²) in [7, 11) is 0. The van der Waals surface area contributed by atoms with Crippen LogP contribution in [0.25, 0.3) is 21.5 Å². The van der Waals surface area contributed by atoms with Gasteiger partial charge in [-0.25, -0.2) is 5.01 Å². The quantitative estimate of drug-likeness (QED) is 0.465. The second kappa shape index (κ2) is 7.69. The Kier molecular flexibility index (Phi) is 4.96. The van der Waals surface area contributed by atoms with E-state index in [2.05, 4.69) is 102 Å². The van der Waals surface area contributed by atoms with Gasteiger partial charge in [0.1, 0.15) is 0 Å². The first kappa shape index (κ1) is 16.8. The van der Waals surface area contributed by atoms with E-state index in [9.17, 15) is 0 Å². The molecule has 0 radical (unpaired) electrons. The van der Waals surface area contributed by atoms with Crippen molar-refractivity contribution in [3.63, 3.8) is 0 Å². The van der Waals surface area contributed by atoms with Crippen LogP contribution in [0.4, 0.5) is 0 Å². The first-order valence-corrected chi connectivity index (χ1v) is 9.25. The molecule has 0 saturated carbocycles. The first-order chi connectivity index (χ1) is 12.8. The van der Waals surface area contributed by atoms with Gasteiger partial charge in [-0.15, -0.1) is 0 Å². The Hall–Kier alpha value is -2.68. The second-order valence-corrected chi connectivity index (χ2v) is 6.71. The van der Waals surface area contributed by atoms with E-state index in [4.69, 9.17) is 0 Å². The van der Waals surface area contributed by atoms with Crippen LogP contribution in [0.1, 0.15) is 18.1 Å². The molecule has 0 unspecified atom stereocenters. The molecule has 0 heterocycles. The lowest BCUT2D eigenvalue weighted by Crippen LogP contribution is -2.36. The zero-order valence-corrected chi connectivity index (χ0v) is 15.2. The number of nitrogens with zero attached hydrogens (tertiary/aromatic N) is 1. The smallest absolute Gasteiger partial charge is 0.0381 e. The van der Waals surface area contributed by atoms with E-state index < -0.39 is 0 Å². The highest BCUT2D eigenvalue weighted by molar-refractivity contribution is 5.83. The summed E-state index contributed by atoms with van der Waals surface area (Å²) in [4.78, 5) is 0. The Bertz CT molecular complexity index is 1020. The van der Waals surface area contributed by atoms with Crippen LogP contribution in [0.5, 0.6) is 0 Å². The van der Waals surface area contributed by atoms with Gasteiger partial charge in [0.25, 0.3) is 0 Å². The number of benzene rings is 4. The standard InChI is InChI=1S/C24H24N2/c1-2-26(18-20-12-14-22-8-4-6-10-24(22)16-20)25-17-19-11-13-21-7-3-5-9-23(21)15-19/h3-16,25H,2,17-18H2,1H3. The molecule has 4 aromatic rings. The molecule has 0 atom stereocenters. The fourth-order valence-corrected chi connectivity index (χ4v) is 3.39. The Balaban J connectivity index is 1.44. The normalized spacial score (nSPS) is 11.5. The third kappa shape index (κ3) is 3.77. The number of hydrogen-bond donors (Lipinski definition) is 1. The maximum absolute atomic E-state index is 3.58. The molecule has 0 spiro atoms. The zero-order chi connectivity index (χ0) is 17.8. The van der Waals surface area contributed by atoms with Gasteiger partial charge >= 0.3 is 0 Å². The minimum atomic E-state index is 0.840. The molecule has 1 N–H and O–H groups in total. The number of fused-ring (bicyclic) bond motifs is 2. The van der Waals surface area contributed by atoms with Gasteiger partial charge in [-0.3, -0.25) is 5.43 Å². The SMILES string of the molecule is CCN(Cc1ccc2ccccc2c1)NCc1ccc2ccccc2c1. The summed E-state index contributed by atoms with van der Waals surface area (Å²) in [5.74, 6) is 0. The van der Waals surface area contributed by atoms with Crippen molar-refractivity contribution in [1.82, 2.24) is 10.4 Å². The molecule has 0 aromatic heterocycles. The summed E-state index contributed by atoms with van der Waals surface area (Å²) in [6, 6.07) is 30.4. The lowest BCUT2D eigenvalue weighted by molar-refractivity contribution is 0.185. The van der Waals surface area contributed by atoms with Crippen molar-refractivity contribution >= 4 is 21.5 Å². The third-order valence-electron chi connectivity index (χ3n) is 4.89. The van der Waals surface area contributed by atoms with Gasteiger partial charge in [0.05, 0.1) is 0 Å². The molecule has 0 aliphatic heterocycles. The number of rotatable bonds is 6. The molecule has 2 nitrogen and oxygen atoms in total. The minimum absolute atomic E-state index is 0.840. The van der Waals surface area contributed by atoms with E-state index in [1.807, 2.05) is 0 Å². The van der Waals surface area contributed by atoms with Crippen LogP contribution in [-0.4, -0.2) is 11.6 Å². The predicted octanol–water partition coefficient (Wildman–Crippen LogP) is 5.52. The van der Waals surface area contributed by atoms with Crippen LogP contribution >= 0.6 is 0 Å². The summed E-state index contributed by atoms with van der Waals surface area (Å²) < 4.78 is 0. The van der Waals surface area contributed by atoms with Gasteiger partial charge in [-0.05, 0) is 44.8 Å². The lowest BCUT2D eigenvalue weighted by atomic mass is 10.1. The third-order valence-corrected chi connectivity index (χ3v) is 4.89. The molecule has 2 heteroatoms. The fraction of sp³-hybridized carbons (Fsp3) is 0.167. The highest BCUT2D eigenvalue weighted by Crippen LogP contribution is 2.17. The van der Waals surface area contributed by atoms with Crippen molar-refractivity contribution in [2.24, 2.45) is 0 Å². The van der Waals surface area contributed by atoms with Gasteiger partial charge in [0.15, 0.2) is 0 Å². The largest absolute Gasteiger partial charge is 0.250 e. The summed E-state index contributed by atoms with van der Waals surface area (Å²) in [5.41, 5.74) is 6.22. The monoisotopic (exact) mass is 340 g/mol. The van der Waals surface area contributed by atoms with Crippen molar-refractivity contribution in [3.8, 4) is 0 Å². The van der Waals surface area contributed by atoms with Crippen molar-refractivity contribution in [2.45, 2.75) is 20.0 Å². The van der Waals surface area contributed by atoms with E-state index >= 15 is 0 Å². The number of hydrazine groups is 1. The molecular weight excluding hydrogens is 316 g/mol. The van der Waals surface area contributed by atoms with Crippen molar-refractivity contribution in [2.75, 3.05) is 6.54 Å². The van der Waals surface area contributed by atoms with Gasteiger partial charge in [0.2, 0.25) is 0 Å². The van der Waals surface area contributed by atoms with Gasteiger partial charge in [-0.1, -0.05) is 79.7 Å². The van der Waals surface area contributed by atoms with Crippen molar-refractivity contribution in [1.29, 1.82) is 0 Å². The van der Waals surface area contributed by atoms with E-state index in [-0.39, 0.29) is 0 Å². The highest BCUT2D eigenvalue weighted by Gasteiger charge is 2.05. The predicted molar refractivity (Wildman–Crippen MR) is 111 cm³/mol. The van der Waals surface area contributed by atoms with Crippen molar-refractivity contribution in [3.05, 3.63) is 96.1 Å². The van der Waals surface area contributed by atoms with E-state index in [1.165, 1.54) is 32.7 Å². The van der Waals surface area contributed by atoms with Crippen LogP contribution in [0.3, 0.4) is 0 Å². The fourth-order valence-electron chi connectivity index (χ4n) is 3.39. The van der Waals surface area contributed by atoms with Crippen LogP contribution in [-0.2, 0) is 13.1 Å². The Morgan fingerprint density at radius 1 is 0.654 bits per heavy atom. The lowest BCUT2D eigenvalue weighted by Gasteiger charge is -2.22. The van der Waals surface area contributed by atoms with Gasteiger partial charge in [-0.2, -0.15) is 0 Å². The minimum Gasteiger partial charge on any atom is -0.250 e. The average Bonchev–Trinajstić information content (AvgIpc) is 2.70. The first-order valence-electron chi connectivity index (χ1n) is 9.25. The van der Waals surface area contributed by atoms with Crippen LogP contribution in [0.2, 0.25) is 0 Å². The molecule has 26 heavy (non-hydrogen) atoms. The Labute approximate surface area is 155 Å². The summed E-state index contributed by atoms with van der Waals surface area (Å²) in [6.45, 7) is 4.88. The van der Waals surface area contributed by atoms with Crippen molar-refractivity contribution < 1.29 is 0 Å². The summed E-state index contributed by atoms with van der Waals surface area (Å²) in [5, 5.41) is 7.46. The molecule has 130 valence electrons. The highest BCUT2D eigenvalue weighted by atomic mass is 15.5. The summed E-state index contributed by atoms with van der Waals surface area (Å²) in [6.07, 6.45) is 0. The summed E-state index contributed by atoms with van der Waals surface area (Å²) >= 11 is 0. The van der Waals surface area contributed by atoms with E-state index in [1.54, 1.807) is 0 Å². The molecule has 4 aromatic carbocycles. The molecule has 0 aliphatic carbocycles. The van der Waals surface area contributed by atoms with Crippen LogP contribution in [0.15, 0.2) is 84.9 Å². The number of hydrogen-bond acceptors (Lipinski definition) is 2. The van der Waals surface area contributed by atoms with Crippen LogP contribution < -0.4 is 5.43 Å². The molecule has 0 saturated heterocycles.